The maximum atomic E-state index is 5.70. The second-order valence-electron chi connectivity index (χ2n) is 3.98. The van der Waals surface area contributed by atoms with Crippen molar-refractivity contribution in [1.82, 2.24) is 0 Å². The lowest BCUT2D eigenvalue weighted by Gasteiger charge is -2.10. The van der Waals surface area contributed by atoms with Gasteiger partial charge in [-0.1, -0.05) is 30.4 Å². The molecule has 1 fully saturated rings. The lowest BCUT2D eigenvalue weighted by atomic mass is 10.1. The lowest BCUT2D eigenvalue weighted by Crippen LogP contribution is -2.07. The van der Waals surface area contributed by atoms with Crippen molar-refractivity contribution in [3.63, 3.8) is 0 Å². The molecule has 0 aliphatic heterocycles. The van der Waals surface area contributed by atoms with E-state index in [2.05, 4.69) is 6.58 Å². The fourth-order valence-electron chi connectivity index (χ4n) is 1.89. The van der Waals surface area contributed by atoms with Crippen molar-refractivity contribution in [2.75, 3.05) is 6.61 Å². The van der Waals surface area contributed by atoms with Crippen LogP contribution in [0.5, 0.6) is 5.75 Å². The molecule has 2 rings (SSSR count). The van der Waals surface area contributed by atoms with E-state index in [4.69, 9.17) is 4.74 Å². The van der Waals surface area contributed by atoms with Crippen LogP contribution in [0.1, 0.15) is 19.3 Å². The van der Waals surface area contributed by atoms with Crippen LogP contribution in [0.2, 0.25) is 0 Å². The highest BCUT2D eigenvalue weighted by Gasteiger charge is 2.18. The van der Waals surface area contributed by atoms with E-state index in [0.717, 1.165) is 18.8 Å². The zero-order valence-corrected chi connectivity index (χ0v) is 8.41. The summed E-state index contributed by atoms with van der Waals surface area (Å²) in [6, 6.07) is 10.0. The van der Waals surface area contributed by atoms with Gasteiger partial charge in [0, 0.05) is 0 Å². The van der Waals surface area contributed by atoms with Crippen LogP contribution in [0.25, 0.3) is 0 Å². The molecular weight excluding hydrogens is 172 g/mol. The van der Waals surface area contributed by atoms with Gasteiger partial charge in [0.25, 0.3) is 0 Å². The van der Waals surface area contributed by atoms with Crippen LogP contribution in [0.15, 0.2) is 42.5 Å². The maximum absolute atomic E-state index is 5.70. The summed E-state index contributed by atoms with van der Waals surface area (Å²) in [6.07, 6.45) is 3.57. The minimum absolute atomic E-state index is 0.683. The van der Waals surface area contributed by atoms with Crippen molar-refractivity contribution in [3.05, 3.63) is 42.5 Å². The van der Waals surface area contributed by atoms with E-state index in [-0.39, 0.29) is 0 Å². The number of hydrogen-bond donors (Lipinski definition) is 0. The van der Waals surface area contributed by atoms with Gasteiger partial charge >= 0.3 is 0 Å². The summed E-state index contributed by atoms with van der Waals surface area (Å²) in [5, 5.41) is 0. The van der Waals surface area contributed by atoms with Gasteiger partial charge in [-0.15, -0.1) is 0 Å². The second-order valence-corrected chi connectivity index (χ2v) is 3.98. The standard InChI is InChI=1S/C13H16O/c1-11-7-8-12(9-11)10-14-13-5-3-2-4-6-13/h2-6,12H,1,7-10H2. The number of rotatable bonds is 3. The number of hydrogen-bond acceptors (Lipinski definition) is 1. The Morgan fingerprint density at radius 1 is 1.29 bits per heavy atom. The van der Waals surface area contributed by atoms with Gasteiger partial charge < -0.3 is 4.74 Å². The topological polar surface area (TPSA) is 9.23 Å². The van der Waals surface area contributed by atoms with Crippen molar-refractivity contribution >= 4 is 0 Å². The van der Waals surface area contributed by atoms with Crippen LogP contribution >= 0.6 is 0 Å². The SMILES string of the molecule is C=C1CCC(COc2ccccc2)C1. The normalized spacial score (nSPS) is 21.1. The fourth-order valence-corrected chi connectivity index (χ4v) is 1.89. The third-order valence-corrected chi connectivity index (χ3v) is 2.71. The largest absolute Gasteiger partial charge is 0.493 e. The van der Waals surface area contributed by atoms with Gasteiger partial charge in [0.1, 0.15) is 5.75 Å². The van der Waals surface area contributed by atoms with Crippen LogP contribution in [-0.4, -0.2) is 6.61 Å². The molecule has 0 bridgehead atoms. The van der Waals surface area contributed by atoms with Crippen molar-refractivity contribution in [3.8, 4) is 5.75 Å². The number of ether oxygens (including phenoxy) is 1. The summed E-state index contributed by atoms with van der Waals surface area (Å²) >= 11 is 0. The molecule has 1 nitrogen and oxygen atoms in total. The zero-order chi connectivity index (χ0) is 9.80. The summed E-state index contributed by atoms with van der Waals surface area (Å²) in [5.74, 6) is 1.66. The molecule has 0 radical (unpaired) electrons. The molecule has 14 heavy (non-hydrogen) atoms. The van der Waals surface area contributed by atoms with Crippen LogP contribution in [0.3, 0.4) is 0 Å². The van der Waals surface area contributed by atoms with Crippen molar-refractivity contribution < 1.29 is 4.74 Å². The number of benzene rings is 1. The van der Waals surface area contributed by atoms with Crippen molar-refractivity contribution in [1.29, 1.82) is 0 Å². The van der Waals surface area contributed by atoms with E-state index in [9.17, 15) is 0 Å². The molecule has 1 aromatic carbocycles. The Morgan fingerprint density at radius 3 is 2.71 bits per heavy atom. The molecule has 1 heteroatoms. The lowest BCUT2D eigenvalue weighted by molar-refractivity contribution is 0.254. The average Bonchev–Trinajstić information content (AvgIpc) is 2.63. The summed E-state index contributed by atoms with van der Waals surface area (Å²) in [4.78, 5) is 0. The van der Waals surface area contributed by atoms with Crippen molar-refractivity contribution in [2.45, 2.75) is 19.3 Å². The van der Waals surface area contributed by atoms with Crippen LogP contribution < -0.4 is 4.74 Å². The molecule has 74 valence electrons. The van der Waals surface area contributed by atoms with Gasteiger partial charge in [0.05, 0.1) is 6.61 Å². The minimum atomic E-state index is 0.683. The predicted octanol–water partition coefficient (Wildman–Crippen LogP) is 3.42. The molecule has 0 aromatic heterocycles. The molecule has 0 amide bonds. The molecule has 0 saturated heterocycles. The Balaban J connectivity index is 1.80. The van der Waals surface area contributed by atoms with Gasteiger partial charge in [-0.25, -0.2) is 0 Å². The fraction of sp³-hybridized carbons (Fsp3) is 0.385. The molecule has 0 spiro atoms. The summed E-state index contributed by atoms with van der Waals surface area (Å²) < 4.78 is 5.70. The van der Waals surface area contributed by atoms with Gasteiger partial charge in [-0.2, -0.15) is 0 Å². The third-order valence-electron chi connectivity index (χ3n) is 2.71. The predicted molar refractivity (Wildman–Crippen MR) is 58.4 cm³/mol. The Kier molecular flexibility index (Phi) is 2.87. The van der Waals surface area contributed by atoms with Gasteiger partial charge in [0.15, 0.2) is 0 Å². The van der Waals surface area contributed by atoms with E-state index in [1.54, 1.807) is 0 Å². The van der Waals surface area contributed by atoms with Gasteiger partial charge in [0.2, 0.25) is 0 Å². The van der Waals surface area contributed by atoms with Gasteiger partial charge in [-0.3, -0.25) is 0 Å². The van der Waals surface area contributed by atoms with Gasteiger partial charge in [-0.05, 0) is 37.3 Å². The van der Waals surface area contributed by atoms with Crippen LogP contribution in [0.4, 0.5) is 0 Å². The molecule has 1 aliphatic rings. The van der Waals surface area contributed by atoms with E-state index in [1.165, 1.54) is 18.4 Å². The highest BCUT2D eigenvalue weighted by atomic mass is 16.5. The highest BCUT2D eigenvalue weighted by molar-refractivity contribution is 5.21. The average molecular weight is 188 g/mol. The van der Waals surface area contributed by atoms with Crippen molar-refractivity contribution in [2.24, 2.45) is 5.92 Å². The number of allylic oxidation sites excluding steroid dienone is 1. The first-order chi connectivity index (χ1) is 6.84. The first kappa shape index (κ1) is 9.32. The molecule has 1 aliphatic carbocycles. The third kappa shape index (κ3) is 2.38. The minimum Gasteiger partial charge on any atom is -0.493 e. The van der Waals surface area contributed by atoms with E-state index >= 15 is 0 Å². The maximum Gasteiger partial charge on any atom is 0.119 e. The quantitative estimate of drug-likeness (QED) is 0.660. The summed E-state index contributed by atoms with van der Waals surface area (Å²) in [5.41, 5.74) is 1.38. The molecule has 1 saturated carbocycles. The Hall–Kier alpha value is -1.24. The monoisotopic (exact) mass is 188 g/mol. The Labute approximate surface area is 85.4 Å². The summed E-state index contributed by atoms with van der Waals surface area (Å²) in [7, 11) is 0. The van der Waals surface area contributed by atoms with E-state index < -0.39 is 0 Å². The zero-order valence-electron chi connectivity index (χ0n) is 8.41. The summed E-state index contributed by atoms with van der Waals surface area (Å²) in [6.45, 7) is 4.84. The molecule has 1 aromatic rings. The van der Waals surface area contributed by atoms with Crippen LogP contribution in [0, 0.1) is 5.92 Å². The van der Waals surface area contributed by atoms with E-state index in [0.29, 0.717) is 5.92 Å². The number of para-hydroxylation sites is 1. The molecule has 0 N–H and O–H groups in total. The molecule has 1 unspecified atom stereocenters. The molecule has 1 atom stereocenters. The smallest absolute Gasteiger partial charge is 0.119 e. The first-order valence-electron chi connectivity index (χ1n) is 5.19. The van der Waals surface area contributed by atoms with E-state index in [1.807, 2.05) is 30.3 Å². The Morgan fingerprint density at radius 2 is 2.07 bits per heavy atom. The molecular formula is C13H16O. The Bertz CT molecular complexity index is 302. The molecule has 0 heterocycles. The van der Waals surface area contributed by atoms with Crippen LogP contribution in [-0.2, 0) is 0 Å². The second kappa shape index (κ2) is 4.32. The highest BCUT2D eigenvalue weighted by Crippen LogP contribution is 2.29. The first-order valence-corrected chi connectivity index (χ1v) is 5.19.